The molecule has 0 aliphatic carbocycles. The fourth-order valence-corrected chi connectivity index (χ4v) is 1.59. The Balaban J connectivity index is 2.45. The van der Waals surface area contributed by atoms with Crippen LogP contribution in [0.2, 0.25) is 0 Å². The Bertz CT molecular complexity index is 621. The molecule has 0 bridgehead atoms. The van der Waals surface area contributed by atoms with Crippen molar-refractivity contribution in [3.8, 4) is 11.5 Å². The van der Waals surface area contributed by atoms with Crippen LogP contribution in [0, 0.1) is 0 Å². The number of hydrogen-bond donors (Lipinski definition) is 1. The van der Waals surface area contributed by atoms with Crippen molar-refractivity contribution in [3.63, 3.8) is 0 Å². The Kier molecular flexibility index (Phi) is 3.65. The van der Waals surface area contributed by atoms with E-state index in [0.717, 1.165) is 12.1 Å². The summed E-state index contributed by atoms with van der Waals surface area (Å²) in [5.41, 5.74) is -1.57. The molecule has 0 atom stereocenters. The molecule has 20 heavy (non-hydrogen) atoms. The highest BCUT2D eigenvalue weighted by Crippen LogP contribution is 2.38. The van der Waals surface area contributed by atoms with Crippen LogP contribution >= 0.6 is 0 Å². The summed E-state index contributed by atoms with van der Waals surface area (Å²) in [5.74, 6) is -1.63. The standard InChI is InChI=1S/C14H9F3O3/c15-14(16,17)11-8-9(13(18)19)6-7-12(11)20-10-4-2-1-3-5-10/h1-8H,(H,18,19). The first kappa shape index (κ1) is 13.9. The second kappa shape index (κ2) is 5.24. The minimum Gasteiger partial charge on any atom is -0.478 e. The van der Waals surface area contributed by atoms with Crippen molar-refractivity contribution >= 4 is 5.97 Å². The zero-order valence-corrected chi connectivity index (χ0v) is 10.0. The Hall–Kier alpha value is -2.50. The van der Waals surface area contributed by atoms with E-state index >= 15 is 0 Å². The van der Waals surface area contributed by atoms with Gasteiger partial charge in [0.05, 0.1) is 11.1 Å². The molecule has 1 N–H and O–H groups in total. The summed E-state index contributed by atoms with van der Waals surface area (Å²) in [5, 5.41) is 8.75. The summed E-state index contributed by atoms with van der Waals surface area (Å²) < 4.78 is 43.9. The molecule has 2 aromatic carbocycles. The molecule has 0 amide bonds. The van der Waals surface area contributed by atoms with Crippen LogP contribution in [0.1, 0.15) is 15.9 Å². The second-order valence-electron chi connectivity index (χ2n) is 3.93. The molecule has 104 valence electrons. The molecule has 0 aliphatic heterocycles. The fourth-order valence-electron chi connectivity index (χ4n) is 1.59. The molecule has 6 heteroatoms. The summed E-state index contributed by atoms with van der Waals surface area (Å²) in [4.78, 5) is 10.7. The van der Waals surface area contributed by atoms with Gasteiger partial charge in [-0.05, 0) is 30.3 Å². The molecule has 3 nitrogen and oxygen atoms in total. The van der Waals surface area contributed by atoms with Crippen LogP contribution in [0.5, 0.6) is 11.5 Å². The largest absolute Gasteiger partial charge is 0.478 e. The number of benzene rings is 2. The molecule has 0 radical (unpaired) electrons. The van der Waals surface area contributed by atoms with Crippen molar-refractivity contribution in [2.24, 2.45) is 0 Å². The van der Waals surface area contributed by atoms with Crippen molar-refractivity contribution < 1.29 is 27.8 Å². The van der Waals surface area contributed by atoms with Crippen molar-refractivity contribution in [3.05, 3.63) is 59.7 Å². The number of hydrogen-bond acceptors (Lipinski definition) is 2. The monoisotopic (exact) mass is 282 g/mol. The van der Waals surface area contributed by atoms with Crippen molar-refractivity contribution in [2.75, 3.05) is 0 Å². The molecule has 0 spiro atoms. The van der Waals surface area contributed by atoms with Gasteiger partial charge in [0.25, 0.3) is 0 Å². The third-order valence-corrected chi connectivity index (χ3v) is 2.50. The van der Waals surface area contributed by atoms with Crippen LogP contribution in [0.4, 0.5) is 13.2 Å². The van der Waals surface area contributed by atoms with Gasteiger partial charge in [0.1, 0.15) is 11.5 Å². The number of ether oxygens (including phenoxy) is 1. The molecule has 2 rings (SSSR count). The van der Waals surface area contributed by atoms with E-state index in [4.69, 9.17) is 9.84 Å². The lowest BCUT2D eigenvalue weighted by Gasteiger charge is -2.14. The third kappa shape index (κ3) is 3.09. The molecule has 0 saturated carbocycles. The maximum Gasteiger partial charge on any atom is 0.420 e. The average Bonchev–Trinajstić information content (AvgIpc) is 2.39. The van der Waals surface area contributed by atoms with Crippen LogP contribution in [-0.2, 0) is 6.18 Å². The Morgan fingerprint density at radius 3 is 2.25 bits per heavy atom. The van der Waals surface area contributed by atoms with Gasteiger partial charge >= 0.3 is 12.1 Å². The first-order valence-corrected chi connectivity index (χ1v) is 5.55. The van der Waals surface area contributed by atoms with Crippen LogP contribution < -0.4 is 4.74 Å². The van der Waals surface area contributed by atoms with E-state index in [2.05, 4.69) is 0 Å². The number of halogens is 3. The van der Waals surface area contributed by atoms with E-state index < -0.39 is 29.0 Å². The van der Waals surface area contributed by atoms with E-state index in [9.17, 15) is 18.0 Å². The third-order valence-electron chi connectivity index (χ3n) is 2.50. The van der Waals surface area contributed by atoms with Gasteiger partial charge in [-0.2, -0.15) is 13.2 Å². The molecule has 0 saturated heterocycles. The van der Waals surface area contributed by atoms with Crippen LogP contribution in [0.15, 0.2) is 48.5 Å². The van der Waals surface area contributed by atoms with Gasteiger partial charge in [-0.3, -0.25) is 0 Å². The van der Waals surface area contributed by atoms with Gasteiger partial charge in [0.15, 0.2) is 0 Å². The summed E-state index contributed by atoms with van der Waals surface area (Å²) in [6.45, 7) is 0. The number of alkyl halides is 3. The molecule has 0 unspecified atom stereocenters. The van der Waals surface area contributed by atoms with E-state index in [0.29, 0.717) is 6.07 Å². The molecule has 0 fully saturated rings. The van der Waals surface area contributed by atoms with Crippen molar-refractivity contribution in [1.29, 1.82) is 0 Å². The van der Waals surface area contributed by atoms with Gasteiger partial charge in [0.2, 0.25) is 0 Å². The number of aromatic carboxylic acids is 1. The molecule has 0 heterocycles. The highest BCUT2D eigenvalue weighted by molar-refractivity contribution is 5.88. The number of carbonyl (C=O) groups is 1. The molecule has 2 aromatic rings. The zero-order chi connectivity index (χ0) is 14.8. The predicted octanol–water partition coefficient (Wildman–Crippen LogP) is 4.20. The van der Waals surface area contributed by atoms with E-state index in [1.165, 1.54) is 12.1 Å². The molecule has 0 aromatic heterocycles. The first-order chi connectivity index (χ1) is 9.38. The van der Waals surface area contributed by atoms with Gasteiger partial charge < -0.3 is 9.84 Å². The number of para-hydroxylation sites is 1. The SMILES string of the molecule is O=C(O)c1ccc(Oc2ccccc2)c(C(F)(F)F)c1. The Morgan fingerprint density at radius 1 is 1.05 bits per heavy atom. The maximum atomic E-state index is 12.9. The van der Waals surface area contributed by atoms with E-state index in [-0.39, 0.29) is 5.75 Å². The molecular weight excluding hydrogens is 273 g/mol. The van der Waals surface area contributed by atoms with Gasteiger partial charge in [0, 0.05) is 0 Å². The number of carboxylic acid groups (broad SMARTS) is 1. The van der Waals surface area contributed by atoms with Gasteiger partial charge in [-0.15, -0.1) is 0 Å². The first-order valence-electron chi connectivity index (χ1n) is 5.55. The lowest BCUT2D eigenvalue weighted by molar-refractivity contribution is -0.138. The summed E-state index contributed by atoms with van der Waals surface area (Å²) in [7, 11) is 0. The van der Waals surface area contributed by atoms with Crippen molar-refractivity contribution in [1.82, 2.24) is 0 Å². The smallest absolute Gasteiger partial charge is 0.420 e. The van der Waals surface area contributed by atoms with Gasteiger partial charge in [-0.25, -0.2) is 4.79 Å². The van der Waals surface area contributed by atoms with Gasteiger partial charge in [-0.1, -0.05) is 18.2 Å². The topological polar surface area (TPSA) is 46.5 Å². The summed E-state index contributed by atoms with van der Waals surface area (Å²) >= 11 is 0. The predicted molar refractivity (Wildman–Crippen MR) is 64.9 cm³/mol. The second-order valence-corrected chi connectivity index (χ2v) is 3.93. The summed E-state index contributed by atoms with van der Waals surface area (Å²) in [6.07, 6.45) is -4.70. The number of rotatable bonds is 3. The van der Waals surface area contributed by atoms with Crippen molar-refractivity contribution in [2.45, 2.75) is 6.18 Å². The van der Waals surface area contributed by atoms with E-state index in [1.54, 1.807) is 18.2 Å². The highest BCUT2D eigenvalue weighted by Gasteiger charge is 2.35. The lowest BCUT2D eigenvalue weighted by atomic mass is 10.1. The average molecular weight is 282 g/mol. The number of carboxylic acids is 1. The Labute approximate surface area is 112 Å². The minimum absolute atomic E-state index is 0.237. The zero-order valence-electron chi connectivity index (χ0n) is 10.0. The maximum absolute atomic E-state index is 12.9. The van der Waals surface area contributed by atoms with Crippen LogP contribution in [-0.4, -0.2) is 11.1 Å². The fraction of sp³-hybridized carbons (Fsp3) is 0.0714. The minimum atomic E-state index is -4.70. The van der Waals surface area contributed by atoms with Crippen LogP contribution in [0.25, 0.3) is 0 Å². The molecular formula is C14H9F3O3. The normalized spacial score (nSPS) is 11.2. The molecule has 0 aliphatic rings. The van der Waals surface area contributed by atoms with E-state index in [1.807, 2.05) is 0 Å². The highest BCUT2D eigenvalue weighted by atomic mass is 19.4. The lowest BCUT2D eigenvalue weighted by Crippen LogP contribution is -2.09. The summed E-state index contributed by atoms with van der Waals surface area (Å²) in [6, 6.07) is 10.6. The van der Waals surface area contributed by atoms with Crippen LogP contribution in [0.3, 0.4) is 0 Å². The quantitative estimate of drug-likeness (QED) is 0.917. The Morgan fingerprint density at radius 2 is 1.70 bits per heavy atom.